The lowest BCUT2D eigenvalue weighted by molar-refractivity contribution is -0.125. The van der Waals surface area contributed by atoms with Crippen LogP contribution >= 0.6 is 12.2 Å². The zero-order valence-electron chi connectivity index (χ0n) is 9.00. The Morgan fingerprint density at radius 1 is 1.27 bits per heavy atom. The molecule has 0 saturated heterocycles. The van der Waals surface area contributed by atoms with E-state index in [1.54, 1.807) is 0 Å². The molecule has 6 heteroatoms. The summed E-state index contributed by atoms with van der Waals surface area (Å²) in [5.74, 6) is -0.150. The van der Waals surface area contributed by atoms with Crippen molar-refractivity contribution in [1.82, 2.24) is 10.6 Å². The Labute approximate surface area is 94.8 Å². The third-order valence-corrected chi connectivity index (χ3v) is 1.63. The second-order valence-corrected chi connectivity index (χ2v) is 4.14. The molecule has 0 radical (unpaired) electrons. The Morgan fingerprint density at radius 3 is 2.33 bits per heavy atom. The molecule has 86 valence electrons. The topological polar surface area (TPSA) is 84.2 Å². The number of hydrogen-bond acceptors (Lipinski definition) is 3. The van der Waals surface area contributed by atoms with Crippen LogP contribution in [0.25, 0.3) is 0 Å². The number of hydrogen-bond donors (Lipinski definition) is 3. The molecule has 0 aliphatic rings. The number of carbonyl (C=O) groups excluding carboxylic acids is 2. The van der Waals surface area contributed by atoms with Crippen LogP contribution < -0.4 is 16.4 Å². The van der Waals surface area contributed by atoms with Gasteiger partial charge in [-0.15, -0.1) is 0 Å². The number of carbonyl (C=O) groups is 2. The van der Waals surface area contributed by atoms with Gasteiger partial charge in [0, 0.05) is 6.54 Å². The van der Waals surface area contributed by atoms with Crippen LogP contribution in [0.4, 0.5) is 0 Å². The molecule has 0 unspecified atom stereocenters. The number of thiocarbonyl (C=S) groups is 1. The van der Waals surface area contributed by atoms with Crippen molar-refractivity contribution in [3.05, 3.63) is 0 Å². The molecule has 0 aliphatic carbocycles. The highest BCUT2D eigenvalue weighted by molar-refractivity contribution is 7.80. The van der Waals surface area contributed by atoms with Crippen LogP contribution in [0, 0.1) is 5.92 Å². The van der Waals surface area contributed by atoms with E-state index in [-0.39, 0.29) is 29.8 Å². The molecular weight excluding hydrogens is 214 g/mol. The van der Waals surface area contributed by atoms with Gasteiger partial charge in [0.2, 0.25) is 11.8 Å². The van der Waals surface area contributed by atoms with E-state index in [1.165, 1.54) is 0 Å². The monoisotopic (exact) mass is 231 g/mol. The van der Waals surface area contributed by atoms with Crippen molar-refractivity contribution in [3.8, 4) is 0 Å². The number of rotatable bonds is 6. The highest BCUT2D eigenvalue weighted by Crippen LogP contribution is 1.86. The summed E-state index contributed by atoms with van der Waals surface area (Å²) < 4.78 is 0. The Hall–Kier alpha value is -1.17. The fourth-order valence-corrected chi connectivity index (χ4v) is 0.911. The predicted octanol–water partition coefficient (Wildman–Crippen LogP) is -0.449. The molecule has 0 fully saturated rings. The van der Waals surface area contributed by atoms with Gasteiger partial charge in [-0.05, 0) is 5.92 Å². The predicted molar refractivity (Wildman–Crippen MR) is 62.3 cm³/mol. The Morgan fingerprint density at radius 2 is 1.87 bits per heavy atom. The van der Waals surface area contributed by atoms with Crippen LogP contribution in [0.2, 0.25) is 0 Å². The SMILES string of the molecule is CC(C)CNC(=O)CNC(=O)CC(N)=S. The van der Waals surface area contributed by atoms with Gasteiger partial charge < -0.3 is 16.4 Å². The largest absolute Gasteiger partial charge is 0.393 e. The van der Waals surface area contributed by atoms with Gasteiger partial charge in [0.25, 0.3) is 0 Å². The molecule has 0 atom stereocenters. The Kier molecular flexibility index (Phi) is 6.61. The molecule has 0 spiro atoms. The lowest BCUT2D eigenvalue weighted by Crippen LogP contribution is -2.39. The summed E-state index contributed by atoms with van der Waals surface area (Å²) in [6.45, 7) is 4.55. The summed E-state index contributed by atoms with van der Waals surface area (Å²) in [4.78, 5) is 22.3. The van der Waals surface area contributed by atoms with Gasteiger partial charge in [-0.25, -0.2) is 0 Å². The average molecular weight is 231 g/mol. The summed E-state index contributed by atoms with van der Waals surface area (Å²) in [5.41, 5.74) is 5.17. The molecule has 0 heterocycles. The fourth-order valence-electron chi connectivity index (χ4n) is 0.780. The number of amides is 2. The molecule has 15 heavy (non-hydrogen) atoms. The second-order valence-electron chi connectivity index (χ2n) is 3.62. The molecule has 0 saturated carbocycles. The molecule has 4 N–H and O–H groups in total. The van der Waals surface area contributed by atoms with E-state index in [4.69, 9.17) is 5.73 Å². The Balaban J connectivity index is 3.62. The third-order valence-electron chi connectivity index (χ3n) is 1.49. The summed E-state index contributed by atoms with van der Waals surface area (Å²) in [7, 11) is 0. The molecule has 0 aromatic heterocycles. The van der Waals surface area contributed by atoms with Gasteiger partial charge in [-0.3, -0.25) is 9.59 Å². The zero-order valence-corrected chi connectivity index (χ0v) is 9.82. The van der Waals surface area contributed by atoms with Crippen LogP contribution in [0.15, 0.2) is 0 Å². The summed E-state index contributed by atoms with van der Waals surface area (Å²) in [5, 5.41) is 5.09. The van der Waals surface area contributed by atoms with E-state index in [0.29, 0.717) is 12.5 Å². The van der Waals surface area contributed by atoms with Gasteiger partial charge >= 0.3 is 0 Å². The lowest BCUT2D eigenvalue weighted by Gasteiger charge is -2.08. The first-order valence-electron chi connectivity index (χ1n) is 4.73. The summed E-state index contributed by atoms with van der Waals surface area (Å²) in [6.07, 6.45) is -0.0210. The van der Waals surface area contributed by atoms with E-state index in [0.717, 1.165) is 0 Å². The minimum atomic E-state index is -0.331. The smallest absolute Gasteiger partial charge is 0.239 e. The first-order chi connectivity index (χ1) is 6.91. The molecule has 2 amide bonds. The van der Waals surface area contributed by atoms with Crippen LogP contribution in [-0.2, 0) is 9.59 Å². The molecule has 0 aliphatic heterocycles. The van der Waals surface area contributed by atoms with Crippen molar-refractivity contribution in [2.75, 3.05) is 13.1 Å². The van der Waals surface area contributed by atoms with Gasteiger partial charge in [-0.2, -0.15) is 0 Å². The van der Waals surface area contributed by atoms with Gasteiger partial charge in [0.05, 0.1) is 18.0 Å². The van der Waals surface area contributed by atoms with E-state index >= 15 is 0 Å². The van der Waals surface area contributed by atoms with Crippen LogP contribution in [0.1, 0.15) is 20.3 Å². The Bertz CT molecular complexity index is 254. The fraction of sp³-hybridized carbons (Fsp3) is 0.667. The first-order valence-corrected chi connectivity index (χ1v) is 5.14. The zero-order chi connectivity index (χ0) is 11.8. The van der Waals surface area contributed by atoms with Crippen molar-refractivity contribution >= 4 is 29.0 Å². The highest BCUT2D eigenvalue weighted by Gasteiger charge is 2.06. The lowest BCUT2D eigenvalue weighted by atomic mass is 10.2. The average Bonchev–Trinajstić information content (AvgIpc) is 2.10. The van der Waals surface area contributed by atoms with Crippen molar-refractivity contribution in [3.63, 3.8) is 0 Å². The van der Waals surface area contributed by atoms with Gasteiger partial charge in [0.15, 0.2) is 0 Å². The van der Waals surface area contributed by atoms with Crippen LogP contribution in [0.3, 0.4) is 0 Å². The quantitative estimate of drug-likeness (QED) is 0.541. The van der Waals surface area contributed by atoms with Crippen LogP contribution in [0.5, 0.6) is 0 Å². The van der Waals surface area contributed by atoms with Gasteiger partial charge in [-0.1, -0.05) is 26.1 Å². The minimum absolute atomic E-state index is 0.0210. The second kappa shape index (κ2) is 7.17. The summed E-state index contributed by atoms with van der Waals surface area (Å²) in [6, 6.07) is 0. The van der Waals surface area contributed by atoms with Crippen molar-refractivity contribution in [1.29, 1.82) is 0 Å². The number of nitrogens with one attached hydrogen (secondary N) is 2. The van der Waals surface area contributed by atoms with E-state index in [1.807, 2.05) is 13.8 Å². The standard InChI is InChI=1S/C9H17N3O2S/c1-6(2)4-11-9(14)5-12-8(13)3-7(10)15/h6H,3-5H2,1-2H3,(H2,10,15)(H,11,14)(H,12,13). The van der Waals surface area contributed by atoms with Crippen molar-refractivity contribution in [2.24, 2.45) is 11.7 Å². The third kappa shape index (κ3) is 9.14. The van der Waals surface area contributed by atoms with Gasteiger partial charge in [0.1, 0.15) is 0 Å². The first kappa shape index (κ1) is 13.8. The molecule has 0 aromatic carbocycles. The van der Waals surface area contributed by atoms with E-state index in [2.05, 4.69) is 22.9 Å². The van der Waals surface area contributed by atoms with Crippen molar-refractivity contribution in [2.45, 2.75) is 20.3 Å². The molecule has 5 nitrogen and oxygen atoms in total. The molecule has 0 aromatic rings. The maximum absolute atomic E-state index is 11.1. The molecule has 0 rings (SSSR count). The molecular formula is C9H17N3O2S. The normalized spacial score (nSPS) is 9.80. The summed E-state index contributed by atoms with van der Waals surface area (Å²) >= 11 is 4.55. The highest BCUT2D eigenvalue weighted by atomic mass is 32.1. The van der Waals surface area contributed by atoms with Crippen molar-refractivity contribution < 1.29 is 9.59 Å². The maximum atomic E-state index is 11.1. The van der Waals surface area contributed by atoms with E-state index < -0.39 is 0 Å². The maximum Gasteiger partial charge on any atom is 0.239 e. The minimum Gasteiger partial charge on any atom is -0.393 e. The van der Waals surface area contributed by atoms with E-state index in [9.17, 15) is 9.59 Å². The number of nitrogens with two attached hydrogens (primary N) is 1. The molecule has 0 bridgehead atoms. The van der Waals surface area contributed by atoms with Crippen LogP contribution in [-0.4, -0.2) is 29.9 Å².